The van der Waals surface area contributed by atoms with Crippen LogP contribution in [0.3, 0.4) is 0 Å². The predicted octanol–water partition coefficient (Wildman–Crippen LogP) is 4.35. The molecule has 3 N–H and O–H groups in total. The van der Waals surface area contributed by atoms with Gasteiger partial charge in [-0.3, -0.25) is 35.3 Å². The number of hydrazine groups is 1. The Bertz CT molecular complexity index is 1450. The lowest BCUT2D eigenvalue weighted by molar-refractivity contribution is -0.384. The topological polar surface area (TPSA) is 156 Å². The highest BCUT2D eigenvalue weighted by atomic mass is 35.5. The third-order valence-corrected chi connectivity index (χ3v) is 6.18. The number of halogens is 2. The van der Waals surface area contributed by atoms with Crippen molar-refractivity contribution < 1.29 is 23.7 Å². The van der Waals surface area contributed by atoms with Gasteiger partial charge in [0.2, 0.25) is 0 Å². The molecule has 0 saturated carbocycles. The highest BCUT2D eigenvalue weighted by molar-refractivity contribution is 6.36. The van der Waals surface area contributed by atoms with E-state index in [0.717, 1.165) is 0 Å². The number of benzene rings is 2. The van der Waals surface area contributed by atoms with Crippen LogP contribution in [0, 0.1) is 17.0 Å². The molecule has 1 aliphatic carbocycles. The SMILES string of the molecule is Cc1c(C(=O)NNC(=O)c2ccc(Cl)cc2Cl)oc2c1/C(=N/NC(=O)c1ccc([N+](=O)[O-])cc1)CCC2. The van der Waals surface area contributed by atoms with E-state index in [4.69, 9.17) is 27.6 Å². The number of furan rings is 1. The number of nitrogens with zero attached hydrogens (tertiary/aromatic N) is 2. The molecule has 1 aromatic heterocycles. The van der Waals surface area contributed by atoms with E-state index in [9.17, 15) is 24.5 Å². The minimum absolute atomic E-state index is 0.0104. The summed E-state index contributed by atoms with van der Waals surface area (Å²) in [7, 11) is 0. The Balaban J connectivity index is 1.47. The number of carbonyl (C=O) groups excluding carboxylic acids is 3. The zero-order valence-electron chi connectivity index (χ0n) is 19.3. The van der Waals surface area contributed by atoms with E-state index in [1.807, 2.05) is 0 Å². The smallest absolute Gasteiger partial charge is 0.305 e. The third kappa shape index (κ3) is 5.63. The van der Waals surface area contributed by atoms with E-state index < -0.39 is 22.6 Å². The van der Waals surface area contributed by atoms with Crippen LogP contribution in [0.25, 0.3) is 0 Å². The predicted molar refractivity (Wildman–Crippen MR) is 135 cm³/mol. The largest absolute Gasteiger partial charge is 0.455 e. The number of hydrogen-bond acceptors (Lipinski definition) is 7. The molecule has 0 unspecified atom stereocenters. The van der Waals surface area contributed by atoms with Gasteiger partial charge >= 0.3 is 5.91 Å². The fourth-order valence-electron chi connectivity index (χ4n) is 3.83. The summed E-state index contributed by atoms with van der Waals surface area (Å²) in [6, 6.07) is 9.45. The first-order chi connectivity index (χ1) is 17.7. The summed E-state index contributed by atoms with van der Waals surface area (Å²) in [4.78, 5) is 47.8. The number of carbonyl (C=O) groups is 3. The second-order valence-electron chi connectivity index (χ2n) is 8.04. The maximum Gasteiger partial charge on any atom is 0.305 e. The van der Waals surface area contributed by atoms with E-state index in [-0.39, 0.29) is 27.6 Å². The van der Waals surface area contributed by atoms with Crippen molar-refractivity contribution in [2.75, 3.05) is 0 Å². The molecule has 37 heavy (non-hydrogen) atoms. The van der Waals surface area contributed by atoms with Crippen LogP contribution in [0.4, 0.5) is 5.69 Å². The Morgan fingerprint density at radius 3 is 2.38 bits per heavy atom. The minimum Gasteiger partial charge on any atom is -0.455 e. The maximum absolute atomic E-state index is 12.8. The summed E-state index contributed by atoms with van der Waals surface area (Å²) in [6.07, 6.45) is 1.77. The summed E-state index contributed by atoms with van der Waals surface area (Å²) >= 11 is 11.9. The highest BCUT2D eigenvalue weighted by Crippen LogP contribution is 2.30. The summed E-state index contributed by atoms with van der Waals surface area (Å²) in [5.41, 5.74) is 8.86. The summed E-state index contributed by atoms with van der Waals surface area (Å²) in [6.45, 7) is 1.67. The highest BCUT2D eigenvalue weighted by Gasteiger charge is 2.28. The number of aryl methyl sites for hydroxylation is 1. The molecule has 3 amide bonds. The van der Waals surface area contributed by atoms with Crippen LogP contribution in [0.15, 0.2) is 52.0 Å². The number of nitro benzene ring substituents is 1. The van der Waals surface area contributed by atoms with Gasteiger partial charge in [-0.1, -0.05) is 23.2 Å². The quantitative estimate of drug-likeness (QED) is 0.320. The molecule has 13 heteroatoms. The van der Waals surface area contributed by atoms with Gasteiger partial charge in [0.05, 0.1) is 21.2 Å². The van der Waals surface area contributed by atoms with Crippen LogP contribution in [0.1, 0.15) is 61.0 Å². The van der Waals surface area contributed by atoms with Gasteiger partial charge in [0.25, 0.3) is 17.5 Å². The summed E-state index contributed by atoms with van der Waals surface area (Å²) in [5.74, 6) is -1.34. The summed E-state index contributed by atoms with van der Waals surface area (Å²) in [5, 5.41) is 15.5. The molecule has 0 radical (unpaired) electrons. The maximum atomic E-state index is 12.8. The number of hydrogen-bond donors (Lipinski definition) is 3. The van der Waals surface area contributed by atoms with E-state index in [0.29, 0.717) is 46.9 Å². The van der Waals surface area contributed by atoms with Crippen LogP contribution in [-0.4, -0.2) is 28.4 Å². The molecular weight excluding hydrogens is 525 g/mol. The average molecular weight is 544 g/mol. The van der Waals surface area contributed by atoms with Gasteiger partial charge in [-0.05, 0) is 50.1 Å². The van der Waals surface area contributed by atoms with Gasteiger partial charge in [-0.25, -0.2) is 5.43 Å². The minimum atomic E-state index is -0.681. The number of fused-ring (bicyclic) bond motifs is 1. The Kier molecular flexibility index (Phi) is 7.55. The van der Waals surface area contributed by atoms with Crippen molar-refractivity contribution >= 4 is 52.3 Å². The molecule has 1 heterocycles. The monoisotopic (exact) mass is 543 g/mol. The number of nitrogens with one attached hydrogen (secondary N) is 3. The van der Waals surface area contributed by atoms with Gasteiger partial charge in [0.15, 0.2) is 5.76 Å². The van der Waals surface area contributed by atoms with Gasteiger partial charge in [-0.15, -0.1) is 0 Å². The second kappa shape index (κ2) is 10.8. The molecule has 0 bridgehead atoms. The van der Waals surface area contributed by atoms with Crippen LogP contribution in [0.2, 0.25) is 10.0 Å². The Labute approximate surface area is 219 Å². The van der Waals surface area contributed by atoms with E-state index in [2.05, 4.69) is 21.4 Å². The lowest BCUT2D eigenvalue weighted by atomic mass is 9.93. The molecule has 0 aliphatic heterocycles. The Morgan fingerprint density at radius 1 is 1.00 bits per heavy atom. The zero-order valence-corrected chi connectivity index (χ0v) is 20.8. The van der Waals surface area contributed by atoms with Crippen LogP contribution >= 0.6 is 23.2 Å². The van der Waals surface area contributed by atoms with Gasteiger partial charge in [0.1, 0.15) is 5.76 Å². The van der Waals surface area contributed by atoms with Gasteiger partial charge < -0.3 is 4.42 Å². The molecule has 0 saturated heterocycles. The first kappa shape index (κ1) is 25.9. The van der Waals surface area contributed by atoms with Crippen molar-refractivity contribution in [1.82, 2.24) is 16.3 Å². The molecule has 0 atom stereocenters. The molecule has 190 valence electrons. The molecule has 0 fully saturated rings. The van der Waals surface area contributed by atoms with E-state index in [1.54, 1.807) is 6.92 Å². The van der Waals surface area contributed by atoms with E-state index >= 15 is 0 Å². The molecule has 3 aromatic rings. The number of rotatable bonds is 5. The Morgan fingerprint density at radius 2 is 1.70 bits per heavy atom. The van der Waals surface area contributed by atoms with Crippen LogP contribution < -0.4 is 16.3 Å². The fraction of sp³-hybridized carbons (Fsp3) is 0.167. The van der Waals surface area contributed by atoms with Gasteiger partial charge in [-0.2, -0.15) is 5.10 Å². The molecule has 11 nitrogen and oxygen atoms in total. The lowest BCUT2D eigenvalue weighted by Gasteiger charge is -2.13. The first-order valence-corrected chi connectivity index (χ1v) is 11.7. The first-order valence-electron chi connectivity index (χ1n) is 11.0. The molecule has 0 spiro atoms. The van der Waals surface area contributed by atoms with Crippen molar-refractivity contribution in [2.45, 2.75) is 26.2 Å². The number of nitro groups is 1. The lowest BCUT2D eigenvalue weighted by Crippen LogP contribution is -2.41. The van der Waals surface area contributed by atoms with Crippen molar-refractivity contribution in [3.05, 3.63) is 96.4 Å². The van der Waals surface area contributed by atoms with Gasteiger partial charge in [0, 0.05) is 40.3 Å². The van der Waals surface area contributed by atoms with Crippen molar-refractivity contribution in [3.8, 4) is 0 Å². The molecule has 1 aliphatic rings. The number of amides is 3. The van der Waals surface area contributed by atoms with E-state index in [1.165, 1.54) is 42.5 Å². The normalized spacial score (nSPS) is 13.5. The zero-order chi connectivity index (χ0) is 26.7. The fourth-order valence-corrected chi connectivity index (χ4v) is 4.32. The molecular formula is C24H19Cl2N5O6. The Hall–Kier alpha value is -4.22. The average Bonchev–Trinajstić information content (AvgIpc) is 3.22. The van der Waals surface area contributed by atoms with Crippen LogP contribution in [0.5, 0.6) is 0 Å². The van der Waals surface area contributed by atoms with Crippen LogP contribution in [-0.2, 0) is 6.42 Å². The number of non-ortho nitro benzene ring substituents is 1. The third-order valence-electron chi connectivity index (χ3n) is 5.63. The molecule has 2 aromatic carbocycles. The van der Waals surface area contributed by atoms with Crippen molar-refractivity contribution in [1.29, 1.82) is 0 Å². The summed E-state index contributed by atoms with van der Waals surface area (Å²) < 4.78 is 5.77. The number of hydrazone groups is 1. The van der Waals surface area contributed by atoms with Crippen molar-refractivity contribution in [3.63, 3.8) is 0 Å². The van der Waals surface area contributed by atoms with Crippen molar-refractivity contribution in [2.24, 2.45) is 5.10 Å². The second-order valence-corrected chi connectivity index (χ2v) is 8.89. The standard InChI is InChI=1S/C24H19Cl2N5O6/c1-12-20-18(27-28-22(32)13-5-8-15(9-6-13)31(35)36)3-2-4-19(20)37-21(12)24(34)30-29-23(33)16-10-7-14(25)11-17(16)26/h5-11H,2-4H2,1H3,(H,28,32)(H,29,33)(H,30,34)/b27-18+. The molecule has 4 rings (SSSR count).